The van der Waals surface area contributed by atoms with Crippen LogP contribution in [0.4, 0.5) is 17.2 Å². The number of pyridine rings is 1. The van der Waals surface area contributed by atoms with E-state index < -0.39 is 5.91 Å². The van der Waals surface area contributed by atoms with Crippen molar-refractivity contribution in [1.82, 2.24) is 19.7 Å². The van der Waals surface area contributed by atoms with Crippen molar-refractivity contribution in [3.8, 4) is 11.5 Å². The van der Waals surface area contributed by atoms with Crippen LogP contribution in [0.2, 0.25) is 0 Å². The summed E-state index contributed by atoms with van der Waals surface area (Å²) in [6, 6.07) is 7.37. The Hall–Kier alpha value is -3.63. The summed E-state index contributed by atoms with van der Waals surface area (Å²) < 4.78 is 7.28. The first kappa shape index (κ1) is 22.6. The molecule has 1 amide bonds. The van der Waals surface area contributed by atoms with Gasteiger partial charge in [-0.25, -0.2) is 9.97 Å². The number of nitrogens with zero attached hydrogens (tertiary/aromatic N) is 5. The lowest BCUT2D eigenvalue weighted by Gasteiger charge is -2.33. The highest BCUT2D eigenvalue weighted by atomic mass is 35.5. The quantitative estimate of drug-likeness (QED) is 0.415. The molecular weight excluding hydrogens is 446 g/mol. The van der Waals surface area contributed by atoms with Crippen LogP contribution in [0.5, 0.6) is 0 Å². The Morgan fingerprint density at radius 1 is 1.30 bits per heavy atom. The number of carbonyl (C=O) groups is 1. The van der Waals surface area contributed by atoms with E-state index in [-0.39, 0.29) is 35.9 Å². The maximum atomic E-state index is 13.0. The van der Waals surface area contributed by atoms with E-state index in [9.17, 15) is 9.90 Å². The van der Waals surface area contributed by atoms with E-state index in [2.05, 4.69) is 25.3 Å². The number of piperidine rings is 1. The second-order valence-corrected chi connectivity index (χ2v) is 7.84. The Kier molecular flexibility index (Phi) is 6.21. The summed E-state index contributed by atoms with van der Waals surface area (Å²) in [5, 5.41) is 18.1. The molecule has 1 saturated heterocycles. The molecule has 11 heteroatoms. The van der Waals surface area contributed by atoms with Gasteiger partial charge < -0.3 is 25.5 Å². The fourth-order valence-corrected chi connectivity index (χ4v) is 3.94. The molecule has 0 aliphatic carbocycles. The molecule has 0 unspecified atom stereocenters. The molecule has 1 fully saturated rings. The molecule has 0 radical (unpaired) electrons. The van der Waals surface area contributed by atoms with Crippen molar-refractivity contribution < 1.29 is 14.3 Å². The number of hydrogen-bond acceptors (Lipinski definition) is 8. The summed E-state index contributed by atoms with van der Waals surface area (Å²) in [4.78, 5) is 23.5. The first-order valence-corrected chi connectivity index (χ1v) is 10.4. The van der Waals surface area contributed by atoms with E-state index in [0.717, 1.165) is 16.6 Å². The number of aliphatic hydroxyl groups excluding tert-OH is 1. The number of carbonyl (C=O) groups excluding carboxylic acids is 1. The van der Waals surface area contributed by atoms with Crippen LogP contribution in [0.3, 0.4) is 0 Å². The van der Waals surface area contributed by atoms with Gasteiger partial charge in [0.2, 0.25) is 5.89 Å². The third-order valence-electron chi connectivity index (χ3n) is 5.72. The molecule has 5 rings (SSSR count). The first-order chi connectivity index (χ1) is 15.5. The molecule has 1 aromatic carbocycles. The van der Waals surface area contributed by atoms with Crippen LogP contribution in [0.15, 0.2) is 47.3 Å². The van der Waals surface area contributed by atoms with Crippen molar-refractivity contribution in [2.45, 2.75) is 18.9 Å². The standard InChI is InChI=1S/C22H23N7O3.ClH/c1-28-18-10-19(29-7-4-14(30)5-8-29)16(9-13(18)11-25-28)26-21(31)17-12-32-22(27-17)15-3-2-6-24-20(15)23;/h2-3,6,9-12,14,30H,4-5,7-8H2,1H3,(H2,23,24)(H,26,31);1H. The number of anilines is 3. The van der Waals surface area contributed by atoms with Gasteiger partial charge in [-0.3, -0.25) is 9.48 Å². The maximum absolute atomic E-state index is 13.0. The van der Waals surface area contributed by atoms with Crippen molar-refractivity contribution >= 4 is 46.4 Å². The average molecular weight is 470 g/mol. The number of halogens is 1. The van der Waals surface area contributed by atoms with E-state index in [4.69, 9.17) is 10.2 Å². The second-order valence-electron chi connectivity index (χ2n) is 7.84. The molecule has 0 atom stereocenters. The molecule has 0 bridgehead atoms. The zero-order valence-corrected chi connectivity index (χ0v) is 18.7. The first-order valence-electron chi connectivity index (χ1n) is 10.4. The fourth-order valence-electron chi connectivity index (χ4n) is 3.94. The lowest BCUT2D eigenvalue weighted by Crippen LogP contribution is -2.36. The largest absolute Gasteiger partial charge is 0.443 e. The summed E-state index contributed by atoms with van der Waals surface area (Å²) in [5.74, 6) is 0.107. The van der Waals surface area contributed by atoms with Gasteiger partial charge >= 0.3 is 0 Å². The molecule has 4 N–H and O–H groups in total. The molecule has 4 heterocycles. The van der Waals surface area contributed by atoms with Gasteiger partial charge in [0.1, 0.15) is 12.1 Å². The Balaban J connectivity index is 0.00000259. The van der Waals surface area contributed by atoms with Crippen LogP contribution in [-0.4, -0.2) is 50.0 Å². The maximum Gasteiger partial charge on any atom is 0.277 e. The van der Waals surface area contributed by atoms with Crippen molar-refractivity contribution in [1.29, 1.82) is 0 Å². The highest BCUT2D eigenvalue weighted by Crippen LogP contribution is 2.33. The Morgan fingerprint density at radius 2 is 2.09 bits per heavy atom. The van der Waals surface area contributed by atoms with Gasteiger partial charge in [0.15, 0.2) is 5.69 Å². The number of amides is 1. The third-order valence-corrected chi connectivity index (χ3v) is 5.72. The number of hydrogen-bond donors (Lipinski definition) is 3. The predicted octanol–water partition coefficient (Wildman–Crippen LogP) is 2.84. The highest BCUT2D eigenvalue weighted by Gasteiger charge is 2.23. The number of benzene rings is 1. The predicted molar refractivity (Wildman–Crippen MR) is 128 cm³/mol. The minimum atomic E-state index is -0.399. The monoisotopic (exact) mass is 469 g/mol. The zero-order valence-electron chi connectivity index (χ0n) is 17.9. The molecule has 33 heavy (non-hydrogen) atoms. The molecule has 1 aliphatic heterocycles. The number of aliphatic hydroxyl groups is 1. The normalized spacial score (nSPS) is 14.3. The van der Waals surface area contributed by atoms with Crippen LogP contribution < -0.4 is 16.0 Å². The topological polar surface area (TPSA) is 135 Å². The van der Waals surface area contributed by atoms with E-state index in [1.807, 2.05) is 19.2 Å². The van der Waals surface area contributed by atoms with Gasteiger partial charge in [-0.05, 0) is 37.1 Å². The van der Waals surface area contributed by atoms with Crippen molar-refractivity contribution in [2.75, 3.05) is 29.0 Å². The smallest absolute Gasteiger partial charge is 0.277 e. The van der Waals surface area contributed by atoms with Gasteiger partial charge in [-0.1, -0.05) is 0 Å². The molecule has 4 aromatic rings. The van der Waals surface area contributed by atoms with Crippen molar-refractivity contribution in [2.24, 2.45) is 7.05 Å². The number of oxazole rings is 1. The van der Waals surface area contributed by atoms with Gasteiger partial charge in [-0.15, -0.1) is 12.4 Å². The van der Waals surface area contributed by atoms with Crippen LogP contribution in [0, 0.1) is 0 Å². The van der Waals surface area contributed by atoms with Crippen LogP contribution >= 0.6 is 12.4 Å². The molecule has 10 nitrogen and oxygen atoms in total. The van der Waals surface area contributed by atoms with Crippen LogP contribution in [0.25, 0.3) is 22.4 Å². The average Bonchev–Trinajstić information content (AvgIpc) is 3.42. The second kappa shape index (κ2) is 9.08. The number of fused-ring (bicyclic) bond motifs is 1. The summed E-state index contributed by atoms with van der Waals surface area (Å²) in [6.07, 6.45) is 5.69. The Morgan fingerprint density at radius 3 is 2.85 bits per heavy atom. The van der Waals surface area contributed by atoms with E-state index >= 15 is 0 Å². The van der Waals surface area contributed by atoms with Gasteiger partial charge in [0.25, 0.3) is 5.91 Å². The molecular formula is C22H24ClN7O3. The fraction of sp³-hybridized carbons (Fsp3) is 0.273. The molecule has 0 saturated carbocycles. The van der Waals surface area contributed by atoms with Gasteiger partial charge in [-0.2, -0.15) is 5.10 Å². The number of aryl methyl sites for hydroxylation is 1. The van der Waals surface area contributed by atoms with Gasteiger partial charge in [0, 0.05) is 31.7 Å². The lowest BCUT2D eigenvalue weighted by atomic mass is 10.1. The number of nitrogen functional groups attached to an aromatic ring is 1. The number of aromatic nitrogens is 4. The van der Waals surface area contributed by atoms with Gasteiger partial charge in [0.05, 0.1) is 34.8 Å². The SMILES string of the molecule is Cl.Cn1ncc2cc(NC(=O)c3coc(-c4cccnc4N)n3)c(N3CCC(O)CC3)cc21. The highest BCUT2D eigenvalue weighted by molar-refractivity contribution is 6.06. The molecule has 172 valence electrons. The lowest BCUT2D eigenvalue weighted by molar-refractivity contribution is 0.102. The minimum Gasteiger partial charge on any atom is -0.443 e. The molecule has 3 aromatic heterocycles. The van der Waals surface area contributed by atoms with E-state index in [0.29, 0.717) is 37.2 Å². The Bertz CT molecular complexity index is 1290. The zero-order chi connectivity index (χ0) is 22.2. The van der Waals surface area contributed by atoms with Crippen LogP contribution in [-0.2, 0) is 7.05 Å². The van der Waals surface area contributed by atoms with E-state index in [1.165, 1.54) is 6.26 Å². The van der Waals surface area contributed by atoms with Crippen molar-refractivity contribution in [3.63, 3.8) is 0 Å². The number of nitrogens with two attached hydrogens (primary N) is 1. The number of rotatable bonds is 4. The summed E-state index contributed by atoms with van der Waals surface area (Å²) in [7, 11) is 1.88. The molecule has 1 aliphatic rings. The van der Waals surface area contributed by atoms with Crippen molar-refractivity contribution in [3.05, 3.63) is 48.6 Å². The third kappa shape index (κ3) is 4.35. The Labute approximate surface area is 195 Å². The molecule has 0 spiro atoms. The summed E-state index contributed by atoms with van der Waals surface area (Å²) in [6.45, 7) is 1.39. The summed E-state index contributed by atoms with van der Waals surface area (Å²) >= 11 is 0. The van der Waals surface area contributed by atoms with E-state index in [1.54, 1.807) is 29.2 Å². The number of nitrogens with one attached hydrogen (secondary N) is 1. The minimum absolute atomic E-state index is 0. The summed E-state index contributed by atoms with van der Waals surface area (Å²) in [5.41, 5.74) is 9.03. The van der Waals surface area contributed by atoms with Crippen LogP contribution in [0.1, 0.15) is 23.3 Å².